The molecule has 0 aliphatic carbocycles. The Labute approximate surface area is 167 Å². The Balaban J connectivity index is 1.36. The lowest BCUT2D eigenvalue weighted by Gasteiger charge is -2.34. The number of amides is 1. The molecule has 3 heterocycles. The van der Waals surface area contributed by atoms with Gasteiger partial charge < -0.3 is 10.2 Å². The van der Waals surface area contributed by atoms with Gasteiger partial charge in [0.05, 0.1) is 5.69 Å². The van der Waals surface area contributed by atoms with E-state index in [2.05, 4.69) is 25.3 Å². The number of nitrogens with one attached hydrogen (secondary N) is 1. The van der Waals surface area contributed by atoms with Crippen molar-refractivity contribution < 1.29 is 4.79 Å². The normalized spacial score (nSPS) is 15.1. The lowest BCUT2D eigenvalue weighted by atomic mass is 10.1. The van der Waals surface area contributed by atoms with Gasteiger partial charge in [0, 0.05) is 70.7 Å². The average Bonchev–Trinajstić information content (AvgIpc) is 2.97. The Morgan fingerprint density at radius 2 is 1.89 bits per heavy atom. The number of rotatable bonds is 7. The van der Waals surface area contributed by atoms with Gasteiger partial charge in [-0.2, -0.15) is 5.10 Å². The smallest absolute Gasteiger partial charge is 0.222 e. The van der Waals surface area contributed by atoms with Gasteiger partial charge in [-0.15, -0.1) is 0 Å². The van der Waals surface area contributed by atoms with Crippen LogP contribution in [0.5, 0.6) is 0 Å². The highest BCUT2D eigenvalue weighted by atomic mass is 16.2. The molecular weight excluding hydrogens is 354 g/mol. The van der Waals surface area contributed by atoms with E-state index in [9.17, 15) is 4.79 Å². The second kappa shape index (κ2) is 9.14. The molecule has 3 rings (SSSR count). The number of anilines is 1. The summed E-state index contributed by atoms with van der Waals surface area (Å²) in [7, 11) is 1.92. The van der Waals surface area contributed by atoms with Gasteiger partial charge >= 0.3 is 0 Å². The van der Waals surface area contributed by atoms with Crippen LogP contribution in [-0.4, -0.2) is 74.7 Å². The molecule has 1 amide bonds. The van der Waals surface area contributed by atoms with E-state index in [0.717, 1.165) is 74.3 Å². The molecule has 1 saturated heterocycles. The van der Waals surface area contributed by atoms with E-state index in [4.69, 9.17) is 0 Å². The van der Waals surface area contributed by atoms with E-state index in [-0.39, 0.29) is 5.91 Å². The van der Waals surface area contributed by atoms with Gasteiger partial charge in [0.2, 0.25) is 5.91 Å². The molecule has 28 heavy (non-hydrogen) atoms. The van der Waals surface area contributed by atoms with E-state index in [1.54, 1.807) is 0 Å². The van der Waals surface area contributed by atoms with Gasteiger partial charge in [0.15, 0.2) is 0 Å². The molecule has 1 aliphatic heterocycles. The molecule has 2 aromatic heterocycles. The van der Waals surface area contributed by atoms with Crippen LogP contribution >= 0.6 is 0 Å². The number of aromatic nitrogens is 4. The van der Waals surface area contributed by atoms with Crippen molar-refractivity contribution in [2.75, 3.05) is 44.6 Å². The highest BCUT2D eigenvalue weighted by Gasteiger charge is 2.21. The minimum Gasteiger partial charge on any atom is -0.369 e. The summed E-state index contributed by atoms with van der Waals surface area (Å²) in [6.07, 6.45) is 3.33. The fraction of sp³-hybridized carbons (Fsp3) is 0.600. The lowest BCUT2D eigenvalue weighted by Crippen LogP contribution is -2.49. The first-order valence-corrected chi connectivity index (χ1v) is 9.96. The monoisotopic (exact) mass is 385 g/mol. The second-order valence-corrected chi connectivity index (χ2v) is 7.50. The largest absolute Gasteiger partial charge is 0.369 e. The minimum atomic E-state index is 0.243. The third kappa shape index (κ3) is 5.51. The molecule has 0 unspecified atom stereocenters. The van der Waals surface area contributed by atoms with Crippen molar-refractivity contribution in [2.24, 2.45) is 7.05 Å². The Morgan fingerprint density at radius 1 is 1.14 bits per heavy atom. The molecule has 0 atom stereocenters. The first-order chi connectivity index (χ1) is 13.4. The standard InChI is InChI=1S/C20H31N7O/c1-15-13-19(23-17(3)22-15)21-7-8-26-9-11-27(12-10-26)20(28)6-5-18-14-25(4)24-16(18)2/h13-14H,5-12H2,1-4H3,(H,21,22,23). The van der Waals surface area contributed by atoms with Gasteiger partial charge in [-0.3, -0.25) is 14.4 Å². The maximum Gasteiger partial charge on any atom is 0.222 e. The molecule has 0 aromatic carbocycles. The lowest BCUT2D eigenvalue weighted by molar-refractivity contribution is -0.132. The third-order valence-electron chi connectivity index (χ3n) is 5.15. The van der Waals surface area contributed by atoms with Crippen molar-refractivity contribution in [2.45, 2.75) is 33.6 Å². The number of hydrogen-bond donors (Lipinski definition) is 1. The van der Waals surface area contributed by atoms with E-state index < -0.39 is 0 Å². The van der Waals surface area contributed by atoms with Crippen LogP contribution in [0.25, 0.3) is 0 Å². The van der Waals surface area contributed by atoms with Crippen molar-refractivity contribution in [3.63, 3.8) is 0 Å². The topological polar surface area (TPSA) is 79.2 Å². The molecule has 1 fully saturated rings. The van der Waals surface area contributed by atoms with Crippen molar-refractivity contribution in [1.29, 1.82) is 0 Å². The summed E-state index contributed by atoms with van der Waals surface area (Å²) in [5.41, 5.74) is 3.15. The molecule has 0 radical (unpaired) electrons. The van der Waals surface area contributed by atoms with E-state index in [0.29, 0.717) is 6.42 Å². The molecule has 8 heteroatoms. The molecule has 1 aliphatic rings. The summed E-state index contributed by atoms with van der Waals surface area (Å²) in [6, 6.07) is 1.97. The van der Waals surface area contributed by atoms with Crippen LogP contribution in [0.4, 0.5) is 5.82 Å². The summed E-state index contributed by atoms with van der Waals surface area (Å²) < 4.78 is 1.81. The van der Waals surface area contributed by atoms with Crippen molar-refractivity contribution in [3.05, 3.63) is 35.0 Å². The summed E-state index contributed by atoms with van der Waals surface area (Å²) in [6.45, 7) is 11.1. The number of carbonyl (C=O) groups is 1. The maximum absolute atomic E-state index is 12.5. The number of hydrogen-bond acceptors (Lipinski definition) is 6. The van der Waals surface area contributed by atoms with Crippen LogP contribution in [0.15, 0.2) is 12.3 Å². The van der Waals surface area contributed by atoms with Gasteiger partial charge in [0.25, 0.3) is 0 Å². The fourth-order valence-corrected chi connectivity index (χ4v) is 3.66. The molecule has 152 valence electrons. The molecule has 0 saturated carbocycles. The number of carbonyl (C=O) groups excluding carboxylic acids is 1. The van der Waals surface area contributed by atoms with Gasteiger partial charge in [-0.1, -0.05) is 0 Å². The zero-order valence-electron chi connectivity index (χ0n) is 17.4. The Morgan fingerprint density at radius 3 is 2.54 bits per heavy atom. The first kappa shape index (κ1) is 20.3. The third-order valence-corrected chi connectivity index (χ3v) is 5.15. The van der Waals surface area contributed by atoms with Crippen LogP contribution < -0.4 is 5.32 Å². The Kier molecular flexibility index (Phi) is 6.61. The van der Waals surface area contributed by atoms with Crippen molar-refractivity contribution in [3.8, 4) is 0 Å². The highest BCUT2D eigenvalue weighted by Crippen LogP contribution is 2.11. The summed E-state index contributed by atoms with van der Waals surface area (Å²) in [5.74, 6) is 1.91. The highest BCUT2D eigenvalue weighted by molar-refractivity contribution is 5.76. The summed E-state index contributed by atoms with van der Waals surface area (Å²) in [5, 5.41) is 7.71. The van der Waals surface area contributed by atoms with Crippen LogP contribution in [-0.2, 0) is 18.3 Å². The molecule has 0 spiro atoms. The quantitative estimate of drug-likeness (QED) is 0.775. The number of piperazine rings is 1. The average molecular weight is 386 g/mol. The van der Waals surface area contributed by atoms with Crippen LogP contribution in [0.1, 0.15) is 29.2 Å². The van der Waals surface area contributed by atoms with Gasteiger partial charge in [-0.05, 0) is 32.8 Å². The SMILES string of the molecule is Cc1cc(NCCN2CCN(C(=O)CCc3cn(C)nc3C)CC2)nc(C)n1. The molecule has 2 aromatic rings. The predicted octanol–water partition coefficient (Wildman–Crippen LogP) is 1.32. The second-order valence-electron chi connectivity index (χ2n) is 7.50. The molecular formula is C20H31N7O. The number of nitrogens with zero attached hydrogens (tertiary/aromatic N) is 6. The summed E-state index contributed by atoms with van der Waals surface area (Å²) >= 11 is 0. The van der Waals surface area contributed by atoms with E-state index in [1.807, 2.05) is 49.7 Å². The zero-order chi connectivity index (χ0) is 20.1. The molecule has 8 nitrogen and oxygen atoms in total. The Bertz CT molecular complexity index is 789. The van der Waals surface area contributed by atoms with E-state index >= 15 is 0 Å². The summed E-state index contributed by atoms with van der Waals surface area (Å²) in [4.78, 5) is 25.6. The fourth-order valence-electron chi connectivity index (χ4n) is 3.66. The van der Waals surface area contributed by atoms with Crippen LogP contribution in [0, 0.1) is 20.8 Å². The molecule has 0 bridgehead atoms. The van der Waals surface area contributed by atoms with Crippen molar-refractivity contribution in [1.82, 2.24) is 29.5 Å². The van der Waals surface area contributed by atoms with Gasteiger partial charge in [-0.25, -0.2) is 9.97 Å². The zero-order valence-corrected chi connectivity index (χ0v) is 17.4. The molecule has 1 N–H and O–H groups in total. The number of aryl methyl sites for hydroxylation is 5. The minimum absolute atomic E-state index is 0.243. The van der Waals surface area contributed by atoms with Gasteiger partial charge in [0.1, 0.15) is 11.6 Å². The maximum atomic E-state index is 12.5. The van der Waals surface area contributed by atoms with E-state index in [1.165, 1.54) is 0 Å². The Hall–Kier alpha value is -2.48. The van der Waals surface area contributed by atoms with Crippen LogP contribution in [0.3, 0.4) is 0 Å². The van der Waals surface area contributed by atoms with Crippen molar-refractivity contribution >= 4 is 11.7 Å². The first-order valence-electron chi connectivity index (χ1n) is 9.96. The predicted molar refractivity (Wildman–Crippen MR) is 109 cm³/mol. The van der Waals surface area contributed by atoms with Crippen LogP contribution in [0.2, 0.25) is 0 Å².